The standard InChI is InChI=1S/C14H23N3O3/c1-11-10-12(17(2)16-11)14(20)15-9-7-5-3-4-6-8-13(18)19/h10H,3-9H2,1-2H3,(H,15,20)(H,18,19). The van der Waals surface area contributed by atoms with Crippen molar-refractivity contribution in [2.45, 2.75) is 45.4 Å². The second kappa shape index (κ2) is 8.35. The van der Waals surface area contributed by atoms with Crippen molar-refractivity contribution in [2.75, 3.05) is 6.54 Å². The first-order chi connectivity index (χ1) is 9.50. The minimum absolute atomic E-state index is 0.0982. The number of aryl methyl sites for hydroxylation is 2. The maximum absolute atomic E-state index is 11.9. The molecule has 1 aromatic heterocycles. The van der Waals surface area contributed by atoms with Crippen molar-refractivity contribution in [1.82, 2.24) is 15.1 Å². The van der Waals surface area contributed by atoms with Crippen molar-refractivity contribution < 1.29 is 14.7 Å². The van der Waals surface area contributed by atoms with Crippen LogP contribution in [0.2, 0.25) is 0 Å². The third-order valence-corrected chi connectivity index (χ3v) is 3.09. The number of hydrogen-bond donors (Lipinski definition) is 2. The van der Waals surface area contributed by atoms with Crippen LogP contribution in [0.3, 0.4) is 0 Å². The maximum atomic E-state index is 11.9. The molecule has 1 rings (SSSR count). The van der Waals surface area contributed by atoms with Gasteiger partial charge in [0.25, 0.3) is 5.91 Å². The largest absolute Gasteiger partial charge is 0.481 e. The minimum atomic E-state index is -0.733. The Morgan fingerprint density at radius 3 is 2.50 bits per heavy atom. The second-order valence-corrected chi connectivity index (χ2v) is 4.96. The SMILES string of the molecule is Cc1cc(C(=O)NCCCCCCCC(=O)O)n(C)n1. The lowest BCUT2D eigenvalue weighted by molar-refractivity contribution is -0.137. The van der Waals surface area contributed by atoms with Crippen LogP contribution in [0.4, 0.5) is 0 Å². The first-order valence-corrected chi connectivity index (χ1v) is 7.01. The molecule has 0 saturated carbocycles. The summed E-state index contributed by atoms with van der Waals surface area (Å²) in [5.74, 6) is -0.831. The zero-order valence-corrected chi connectivity index (χ0v) is 12.2. The molecular formula is C14H23N3O3. The summed E-state index contributed by atoms with van der Waals surface area (Å²) in [6.07, 6.45) is 4.83. The number of carboxylic acids is 1. The number of carboxylic acid groups (broad SMARTS) is 1. The van der Waals surface area contributed by atoms with Crippen LogP contribution in [0.15, 0.2) is 6.07 Å². The molecule has 0 bridgehead atoms. The first kappa shape index (κ1) is 16.2. The molecule has 0 atom stereocenters. The fourth-order valence-electron chi connectivity index (χ4n) is 2.05. The molecule has 0 unspecified atom stereocenters. The third kappa shape index (κ3) is 5.86. The molecule has 1 aromatic rings. The molecule has 112 valence electrons. The summed E-state index contributed by atoms with van der Waals surface area (Å²) >= 11 is 0. The van der Waals surface area contributed by atoms with E-state index in [0.717, 1.165) is 37.8 Å². The van der Waals surface area contributed by atoms with Gasteiger partial charge in [0.1, 0.15) is 5.69 Å². The van der Waals surface area contributed by atoms with Gasteiger partial charge in [-0.05, 0) is 25.8 Å². The number of nitrogens with one attached hydrogen (secondary N) is 1. The van der Waals surface area contributed by atoms with E-state index in [1.165, 1.54) is 0 Å². The summed E-state index contributed by atoms with van der Waals surface area (Å²) < 4.78 is 1.58. The number of rotatable bonds is 9. The fraction of sp³-hybridized carbons (Fsp3) is 0.643. The Hall–Kier alpha value is -1.85. The quantitative estimate of drug-likeness (QED) is 0.677. The van der Waals surface area contributed by atoms with Gasteiger partial charge in [0.2, 0.25) is 0 Å². The molecular weight excluding hydrogens is 258 g/mol. The molecule has 20 heavy (non-hydrogen) atoms. The van der Waals surface area contributed by atoms with Crippen LogP contribution < -0.4 is 5.32 Å². The normalized spacial score (nSPS) is 10.5. The number of carbonyl (C=O) groups excluding carboxylic acids is 1. The van der Waals surface area contributed by atoms with Crippen LogP contribution in [-0.2, 0) is 11.8 Å². The lowest BCUT2D eigenvalue weighted by atomic mass is 10.1. The highest BCUT2D eigenvalue weighted by atomic mass is 16.4. The second-order valence-electron chi connectivity index (χ2n) is 4.96. The first-order valence-electron chi connectivity index (χ1n) is 7.01. The van der Waals surface area contributed by atoms with E-state index < -0.39 is 5.97 Å². The van der Waals surface area contributed by atoms with Crippen molar-refractivity contribution in [3.05, 3.63) is 17.5 Å². The van der Waals surface area contributed by atoms with Crippen LogP contribution in [-0.4, -0.2) is 33.3 Å². The molecule has 0 aromatic carbocycles. The Kier molecular flexibility index (Phi) is 6.76. The summed E-state index contributed by atoms with van der Waals surface area (Å²) in [6.45, 7) is 2.50. The molecule has 0 fully saturated rings. The van der Waals surface area contributed by atoms with Gasteiger partial charge >= 0.3 is 5.97 Å². The Morgan fingerprint density at radius 2 is 1.90 bits per heavy atom. The molecule has 0 saturated heterocycles. The number of aliphatic carboxylic acids is 1. The molecule has 6 heteroatoms. The maximum Gasteiger partial charge on any atom is 0.303 e. The van der Waals surface area contributed by atoms with Crippen LogP contribution in [0.25, 0.3) is 0 Å². The smallest absolute Gasteiger partial charge is 0.303 e. The molecule has 0 radical (unpaired) electrons. The average molecular weight is 281 g/mol. The van der Waals surface area contributed by atoms with Gasteiger partial charge in [-0.3, -0.25) is 14.3 Å². The number of nitrogens with zero attached hydrogens (tertiary/aromatic N) is 2. The number of hydrogen-bond acceptors (Lipinski definition) is 3. The fourth-order valence-corrected chi connectivity index (χ4v) is 2.05. The Balaban J connectivity index is 2.08. The zero-order chi connectivity index (χ0) is 15.0. The van der Waals surface area contributed by atoms with E-state index in [4.69, 9.17) is 5.11 Å². The topological polar surface area (TPSA) is 84.2 Å². The van der Waals surface area contributed by atoms with Gasteiger partial charge in [0.15, 0.2) is 0 Å². The summed E-state index contributed by atoms with van der Waals surface area (Å²) in [5.41, 5.74) is 1.40. The van der Waals surface area contributed by atoms with Gasteiger partial charge in [-0.15, -0.1) is 0 Å². The lowest BCUT2D eigenvalue weighted by Crippen LogP contribution is -2.26. The summed E-state index contributed by atoms with van der Waals surface area (Å²) in [6, 6.07) is 1.77. The highest BCUT2D eigenvalue weighted by molar-refractivity contribution is 5.92. The van der Waals surface area contributed by atoms with Crippen LogP contribution in [0, 0.1) is 6.92 Å². The van der Waals surface area contributed by atoms with E-state index >= 15 is 0 Å². The van der Waals surface area contributed by atoms with Gasteiger partial charge in [0, 0.05) is 20.0 Å². The Morgan fingerprint density at radius 1 is 1.25 bits per heavy atom. The summed E-state index contributed by atoms with van der Waals surface area (Å²) in [5, 5.41) is 15.5. The monoisotopic (exact) mass is 281 g/mol. The van der Waals surface area contributed by atoms with E-state index in [2.05, 4.69) is 10.4 Å². The van der Waals surface area contributed by atoms with E-state index in [1.54, 1.807) is 17.8 Å². The predicted octanol–water partition coefficient (Wildman–Crippen LogP) is 1.88. The summed E-state index contributed by atoms with van der Waals surface area (Å²) in [4.78, 5) is 22.2. The molecule has 0 aliphatic heterocycles. The Bertz CT molecular complexity index is 455. The van der Waals surface area contributed by atoms with E-state index in [1.807, 2.05) is 6.92 Å². The molecule has 6 nitrogen and oxygen atoms in total. The highest BCUT2D eigenvalue weighted by Crippen LogP contribution is 2.05. The highest BCUT2D eigenvalue weighted by Gasteiger charge is 2.10. The molecule has 2 N–H and O–H groups in total. The number of unbranched alkanes of at least 4 members (excludes halogenated alkanes) is 4. The van der Waals surface area contributed by atoms with E-state index in [9.17, 15) is 9.59 Å². The molecule has 1 heterocycles. The number of amides is 1. The van der Waals surface area contributed by atoms with Crippen LogP contribution in [0.1, 0.15) is 54.7 Å². The van der Waals surface area contributed by atoms with Gasteiger partial charge in [-0.1, -0.05) is 19.3 Å². The number of aromatic nitrogens is 2. The van der Waals surface area contributed by atoms with Gasteiger partial charge in [-0.2, -0.15) is 5.10 Å². The number of carbonyl (C=O) groups is 2. The average Bonchev–Trinajstić information content (AvgIpc) is 2.71. The van der Waals surface area contributed by atoms with Crippen LogP contribution >= 0.6 is 0 Å². The van der Waals surface area contributed by atoms with E-state index in [-0.39, 0.29) is 12.3 Å². The lowest BCUT2D eigenvalue weighted by Gasteiger charge is -2.05. The Labute approximate surface area is 119 Å². The summed E-state index contributed by atoms with van der Waals surface area (Å²) in [7, 11) is 1.75. The molecule has 0 spiro atoms. The van der Waals surface area contributed by atoms with Crippen molar-refractivity contribution in [2.24, 2.45) is 7.05 Å². The van der Waals surface area contributed by atoms with Gasteiger partial charge in [-0.25, -0.2) is 0 Å². The van der Waals surface area contributed by atoms with Crippen molar-refractivity contribution in [1.29, 1.82) is 0 Å². The van der Waals surface area contributed by atoms with Crippen molar-refractivity contribution >= 4 is 11.9 Å². The molecule has 0 aliphatic rings. The predicted molar refractivity (Wildman–Crippen MR) is 75.6 cm³/mol. The molecule has 1 amide bonds. The third-order valence-electron chi connectivity index (χ3n) is 3.09. The minimum Gasteiger partial charge on any atom is -0.481 e. The van der Waals surface area contributed by atoms with Crippen LogP contribution in [0.5, 0.6) is 0 Å². The van der Waals surface area contributed by atoms with Gasteiger partial charge in [0.05, 0.1) is 5.69 Å². The van der Waals surface area contributed by atoms with E-state index in [0.29, 0.717) is 12.2 Å². The van der Waals surface area contributed by atoms with Gasteiger partial charge < -0.3 is 10.4 Å². The zero-order valence-electron chi connectivity index (χ0n) is 12.2. The molecule has 0 aliphatic carbocycles. The van der Waals surface area contributed by atoms with Crippen molar-refractivity contribution in [3.63, 3.8) is 0 Å². The van der Waals surface area contributed by atoms with Crippen molar-refractivity contribution in [3.8, 4) is 0 Å².